The average molecular weight is 279 g/mol. The Labute approximate surface area is 120 Å². The molecule has 0 saturated heterocycles. The predicted molar refractivity (Wildman–Crippen MR) is 75.3 cm³/mol. The van der Waals surface area contributed by atoms with E-state index in [4.69, 9.17) is 5.73 Å². The van der Waals surface area contributed by atoms with Crippen LogP contribution in [0.4, 0.5) is 4.79 Å². The number of hydrogen-bond acceptors (Lipinski definition) is 2. The molecule has 5 heteroatoms. The van der Waals surface area contributed by atoms with Gasteiger partial charge in [-0.1, -0.05) is 13.8 Å². The topological polar surface area (TPSA) is 84.2 Å². The molecule has 2 unspecified atom stereocenters. The zero-order valence-electron chi connectivity index (χ0n) is 12.4. The number of carbonyl (C=O) groups excluding carboxylic acids is 2. The minimum atomic E-state index is -0.720. The molecule has 0 radical (unpaired) electrons. The first-order valence-corrected chi connectivity index (χ1v) is 7.56. The number of nitrogens with one attached hydrogen (secondary N) is 2. The first-order chi connectivity index (χ1) is 9.22. The molecule has 20 heavy (non-hydrogen) atoms. The summed E-state index contributed by atoms with van der Waals surface area (Å²) in [4.78, 5) is 22.7. The lowest BCUT2D eigenvalue weighted by Crippen LogP contribution is -2.56. The number of hydrazine groups is 1. The Bertz CT molecular complexity index is 444. The van der Waals surface area contributed by atoms with Gasteiger partial charge in [-0.25, -0.2) is 10.2 Å². The highest BCUT2D eigenvalue weighted by Gasteiger charge is 2.60. The molecule has 4 saturated carbocycles. The molecule has 4 aliphatic carbocycles. The largest absolute Gasteiger partial charge is 0.350 e. The third kappa shape index (κ3) is 2.38. The first kappa shape index (κ1) is 13.7. The second-order valence-corrected chi connectivity index (χ2v) is 8.34. The molecule has 0 heterocycles. The average Bonchev–Trinajstić information content (AvgIpc) is 2.20. The van der Waals surface area contributed by atoms with Crippen molar-refractivity contribution in [2.75, 3.05) is 0 Å². The van der Waals surface area contributed by atoms with Crippen molar-refractivity contribution in [3.8, 4) is 0 Å². The van der Waals surface area contributed by atoms with E-state index in [1.165, 1.54) is 25.7 Å². The van der Waals surface area contributed by atoms with Crippen LogP contribution in [0.5, 0.6) is 0 Å². The van der Waals surface area contributed by atoms with E-state index in [0.29, 0.717) is 17.3 Å². The lowest BCUT2D eigenvalue weighted by atomic mass is 9.40. The highest BCUT2D eigenvalue weighted by molar-refractivity contribution is 5.80. The zero-order valence-corrected chi connectivity index (χ0v) is 12.4. The summed E-state index contributed by atoms with van der Waals surface area (Å²) in [5.74, 6) is 0.663. The van der Waals surface area contributed by atoms with Gasteiger partial charge in [0.1, 0.15) is 0 Å². The summed E-state index contributed by atoms with van der Waals surface area (Å²) in [6.45, 7) is 4.79. The third-order valence-corrected chi connectivity index (χ3v) is 5.60. The van der Waals surface area contributed by atoms with Gasteiger partial charge in [0.15, 0.2) is 0 Å². The lowest BCUT2D eigenvalue weighted by molar-refractivity contribution is -0.156. The van der Waals surface area contributed by atoms with Crippen molar-refractivity contribution >= 4 is 11.9 Å². The van der Waals surface area contributed by atoms with Gasteiger partial charge in [0.25, 0.3) is 0 Å². The molecule has 0 aromatic rings. The fraction of sp³-hybridized carbons (Fsp3) is 0.867. The van der Waals surface area contributed by atoms with E-state index in [1.807, 2.05) is 0 Å². The summed E-state index contributed by atoms with van der Waals surface area (Å²) in [5, 5.41) is 0. The van der Waals surface area contributed by atoms with Gasteiger partial charge in [-0.3, -0.25) is 10.2 Å². The smallest absolute Gasteiger partial charge is 0.330 e. The maximum absolute atomic E-state index is 12.1. The summed E-state index contributed by atoms with van der Waals surface area (Å²) in [5.41, 5.74) is 10.5. The third-order valence-electron chi connectivity index (χ3n) is 5.60. The maximum Gasteiger partial charge on any atom is 0.330 e. The molecule has 0 aromatic carbocycles. The Kier molecular flexibility index (Phi) is 2.82. The number of hydrogen-bond donors (Lipinski definition) is 3. The van der Waals surface area contributed by atoms with Crippen LogP contribution in [0.2, 0.25) is 0 Å². The molecule has 4 aliphatic rings. The fourth-order valence-electron chi connectivity index (χ4n) is 6.40. The Balaban J connectivity index is 1.72. The summed E-state index contributed by atoms with van der Waals surface area (Å²) in [6, 6.07) is -0.720. The van der Waals surface area contributed by atoms with Crippen LogP contribution in [0.1, 0.15) is 58.8 Å². The molecule has 4 rings (SSSR count). The van der Waals surface area contributed by atoms with Gasteiger partial charge in [-0.15, -0.1) is 0 Å². The number of carbonyl (C=O) groups is 2. The molecule has 0 spiro atoms. The summed E-state index contributed by atoms with van der Waals surface area (Å²) < 4.78 is 0. The van der Waals surface area contributed by atoms with Crippen LogP contribution >= 0.6 is 0 Å². The van der Waals surface area contributed by atoms with Crippen molar-refractivity contribution in [1.82, 2.24) is 10.9 Å². The van der Waals surface area contributed by atoms with Crippen LogP contribution in [-0.2, 0) is 4.79 Å². The molecule has 4 bridgehead atoms. The highest BCUT2D eigenvalue weighted by Crippen LogP contribution is 2.70. The van der Waals surface area contributed by atoms with Crippen molar-refractivity contribution in [3.05, 3.63) is 0 Å². The second kappa shape index (κ2) is 4.12. The number of primary amides is 1. The molecular weight excluding hydrogens is 254 g/mol. The van der Waals surface area contributed by atoms with Crippen LogP contribution in [0.3, 0.4) is 0 Å². The van der Waals surface area contributed by atoms with Crippen LogP contribution in [0.25, 0.3) is 0 Å². The quantitative estimate of drug-likeness (QED) is 0.676. The second-order valence-electron chi connectivity index (χ2n) is 8.34. The Morgan fingerprint density at radius 1 is 1.05 bits per heavy atom. The van der Waals surface area contributed by atoms with E-state index < -0.39 is 6.03 Å². The Hall–Kier alpha value is -1.26. The lowest BCUT2D eigenvalue weighted by Gasteiger charge is -2.65. The standard InChI is InChI=1S/C15H25N3O2/c1-13-3-10-4-14(2,7-13)9-15(5-10,8-13)6-11(19)17-18-12(16)20/h10H,3-9H2,1-2H3,(H,17,19)(H3,16,18,20). The van der Waals surface area contributed by atoms with E-state index in [-0.39, 0.29) is 11.3 Å². The normalized spacial score (nSPS) is 45.2. The fourth-order valence-corrected chi connectivity index (χ4v) is 6.40. The molecule has 0 aromatic heterocycles. The maximum atomic E-state index is 12.1. The number of amides is 3. The monoisotopic (exact) mass is 279 g/mol. The van der Waals surface area contributed by atoms with Gasteiger partial charge in [0.2, 0.25) is 5.91 Å². The molecule has 4 fully saturated rings. The van der Waals surface area contributed by atoms with Crippen LogP contribution in [-0.4, -0.2) is 11.9 Å². The van der Waals surface area contributed by atoms with E-state index in [2.05, 4.69) is 24.7 Å². The van der Waals surface area contributed by atoms with Crippen molar-refractivity contribution in [2.45, 2.75) is 58.8 Å². The number of urea groups is 1. The van der Waals surface area contributed by atoms with Crippen LogP contribution in [0.15, 0.2) is 0 Å². The van der Waals surface area contributed by atoms with Gasteiger partial charge < -0.3 is 5.73 Å². The molecular formula is C15H25N3O2. The molecule has 112 valence electrons. The first-order valence-electron chi connectivity index (χ1n) is 7.56. The van der Waals surface area contributed by atoms with Crippen LogP contribution < -0.4 is 16.6 Å². The Morgan fingerprint density at radius 3 is 2.15 bits per heavy atom. The van der Waals surface area contributed by atoms with Gasteiger partial charge >= 0.3 is 6.03 Å². The van der Waals surface area contributed by atoms with Crippen molar-refractivity contribution in [2.24, 2.45) is 27.9 Å². The summed E-state index contributed by atoms with van der Waals surface area (Å²) >= 11 is 0. The molecule has 5 nitrogen and oxygen atoms in total. The van der Waals surface area contributed by atoms with Gasteiger partial charge in [-0.2, -0.15) is 0 Å². The van der Waals surface area contributed by atoms with Crippen molar-refractivity contribution < 1.29 is 9.59 Å². The van der Waals surface area contributed by atoms with E-state index in [9.17, 15) is 9.59 Å². The Morgan fingerprint density at radius 2 is 1.65 bits per heavy atom. The molecule has 4 N–H and O–H groups in total. The SMILES string of the molecule is CC12CC3CC(C)(C1)CC(CC(=O)NNC(N)=O)(C3)C2. The number of nitrogens with two attached hydrogens (primary N) is 1. The van der Waals surface area contributed by atoms with Gasteiger partial charge in [0, 0.05) is 6.42 Å². The van der Waals surface area contributed by atoms with Crippen molar-refractivity contribution in [1.29, 1.82) is 0 Å². The molecule has 0 aliphatic heterocycles. The van der Waals surface area contributed by atoms with Gasteiger partial charge in [0.05, 0.1) is 0 Å². The number of rotatable bonds is 2. The van der Waals surface area contributed by atoms with Crippen LogP contribution in [0, 0.1) is 22.2 Å². The van der Waals surface area contributed by atoms with E-state index in [1.54, 1.807) is 0 Å². The zero-order chi connectivity index (χ0) is 14.6. The minimum Gasteiger partial charge on any atom is -0.350 e. The molecule has 3 amide bonds. The van der Waals surface area contributed by atoms with Crippen molar-refractivity contribution in [3.63, 3.8) is 0 Å². The highest BCUT2D eigenvalue weighted by atomic mass is 16.2. The minimum absolute atomic E-state index is 0.113. The van der Waals surface area contributed by atoms with E-state index in [0.717, 1.165) is 18.8 Å². The van der Waals surface area contributed by atoms with E-state index >= 15 is 0 Å². The predicted octanol–water partition coefficient (Wildman–Crippen LogP) is 2.07. The summed E-state index contributed by atoms with van der Waals surface area (Å²) in [7, 11) is 0. The summed E-state index contributed by atoms with van der Waals surface area (Å²) in [6.07, 6.45) is 7.93. The van der Waals surface area contributed by atoms with Gasteiger partial charge in [-0.05, 0) is 60.7 Å². The molecule has 2 atom stereocenters.